The van der Waals surface area contributed by atoms with Gasteiger partial charge in [-0.2, -0.15) is 13.2 Å². The van der Waals surface area contributed by atoms with Gasteiger partial charge in [-0.05, 0) is 24.3 Å². The lowest BCUT2D eigenvalue weighted by Gasteiger charge is -2.01. The molecule has 1 amide bonds. The van der Waals surface area contributed by atoms with E-state index < -0.39 is 18.2 Å². The second kappa shape index (κ2) is 4.59. The van der Waals surface area contributed by atoms with Crippen molar-refractivity contribution < 1.29 is 27.5 Å². The van der Waals surface area contributed by atoms with Crippen molar-refractivity contribution in [2.24, 2.45) is 0 Å². The molecule has 1 aromatic carbocycles. The van der Waals surface area contributed by atoms with Crippen LogP contribution in [0.3, 0.4) is 0 Å². The first-order chi connectivity index (χ1) is 8.86. The van der Waals surface area contributed by atoms with Crippen LogP contribution in [0.25, 0.3) is 11.5 Å². The van der Waals surface area contributed by atoms with Gasteiger partial charge in [0.2, 0.25) is 5.89 Å². The first-order valence-corrected chi connectivity index (χ1v) is 4.87. The van der Waals surface area contributed by atoms with Crippen molar-refractivity contribution in [2.75, 3.05) is 5.32 Å². The van der Waals surface area contributed by atoms with Crippen LogP contribution in [0, 0.1) is 0 Å². The first-order valence-electron chi connectivity index (χ1n) is 4.87. The number of hydrogen-bond acceptors (Lipinski definition) is 4. The average Bonchev–Trinajstić information content (AvgIpc) is 2.78. The third-order valence-corrected chi connectivity index (χ3v) is 2.05. The zero-order valence-corrected chi connectivity index (χ0v) is 9.10. The van der Waals surface area contributed by atoms with Crippen LogP contribution in [0.1, 0.15) is 5.89 Å². The fourth-order valence-electron chi connectivity index (χ4n) is 1.27. The maximum atomic E-state index is 12.3. The molecule has 0 bridgehead atoms. The maximum Gasteiger partial charge on any atom is 0.470 e. The number of rotatable bonds is 2. The molecule has 19 heavy (non-hydrogen) atoms. The van der Waals surface area contributed by atoms with Gasteiger partial charge in [-0.3, -0.25) is 5.32 Å². The van der Waals surface area contributed by atoms with Gasteiger partial charge in [0.15, 0.2) is 0 Å². The van der Waals surface area contributed by atoms with Crippen molar-refractivity contribution >= 4 is 11.8 Å². The molecule has 100 valence electrons. The topological polar surface area (TPSA) is 88.2 Å². The van der Waals surface area contributed by atoms with Crippen molar-refractivity contribution in [1.82, 2.24) is 10.2 Å². The summed E-state index contributed by atoms with van der Waals surface area (Å²) >= 11 is 0. The van der Waals surface area contributed by atoms with E-state index in [-0.39, 0.29) is 17.1 Å². The van der Waals surface area contributed by atoms with E-state index in [1.165, 1.54) is 24.3 Å². The molecule has 0 aliphatic carbocycles. The summed E-state index contributed by atoms with van der Waals surface area (Å²) in [6.45, 7) is 0. The molecular weight excluding hydrogens is 267 g/mol. The molecule has 0 saturated carbocycles. The molecule has 0 unspecified atom stereocenters. The molecule has 0 radical (unpaired) electrons. The van der Waals surface area contributed by atoms with Crippen LogP contribution in [0.4, 0.5) is 23.7 Å². The molecule has 9 heteroatoms. The monoisotopic (exact) mass is 273 g/mol. The van der Waals surface area contributed by atoms with Gasteiger partial charge in [0.05, 0.1) is 0 Å². The van der Waals surface area contributed by atoms with E-state index in [2.05, 4.69) is 19.9 Å². The van der Waals surface area contributed by atoms with Gasteiger partial charge in [0, 0.05) is 11.3 Å². The van der Waals surface area contributed by atoms with Gasteiger partial charge >= 0.3 is 18.2 Å². The zero-order valence-electron chi connectivity index (χ0n) is 9.10. The van der Waals surface area contributed by atoms with Crippen LogP contribution in [0.2, 0.25) is 0 Å². The molecule has 0 spiro atoms. The van der Waals surface area contributed by atoms with Crippen molar-refractivity contribution in [1.29, 1.82) is 0 Å². The van der Waals surface area contributed by atoms with Crippen molar-refractivity contribution in [3.05, 3.63) is 30.2 Å². The minimum absolute atomic E-state index is 0.249. The molecule has 2 rings (SSSR count). The lowest BCUT2D eigenvalue weighted by Crippen LogP contribution is -2.06. The van der Waals surface area contributed by atoms with Crippen LogP contribution in [0.15, 0.2) is 28.7 Å². The van der Waals surface area contributed by atoms with E-state index in [0.717, 1.165) is 0 Å². The van der Waals surface area contributed by atoms with E-state index in [1.807, 2.05) is 0 Å². The minimum Gasteiger partial charge on any atom is -0.465 e. The van der Waals surface area contributed by atoms with Gasteiger partial charge in [-0.25, -0.2) is 4.79 Å². The SMILES string of the molecule is O=C(O)Nc1ccc(-c2nnc(C(F)(F)F)o2)cc1. The summed E-state index contributed by atoms with van der Waals surface area (Å²) < 4.78 is 41.2. The third kappa shape index (κ3) is 3.00. The van der Waals surface area contributed by atoms with Crippen LogP contribution in [-0.2, 0) is 6.18 Å². The van der Waals surface area contributed by atoms with E-state index in [0.29, 0.717) is 0 Å². The summed E-state index contributed by atoms with van der Waals surface area (Å²) in [6, 6.07) is 5.44. The Bertz CT molecular complexity index is 592. The Morgan fingerprint density at radius 3 is 2.32 bits per heavy atom. The first kappa shape index (κ1) is 12.9. The predicted molar refractivity (Wildman–Crippen MR) is 56.4 cm³/mol. The average molecular weight is 273 g/mol. The maximum absolute atomic E-state index is 12.3. The summed E-state index contributed by atoms with van der Waals surface area (Å²) in [5.74, 6) is -1.73. The molecule has 0 saturated heterocycles. The minimum atomic E-state index is -4.70. The van der Waals surface area contributed by atoms with E-state index in [9.17, 15) is 18.0 Å². The number of nitrogens with one attached hydrogen (secondary N) is 1. The van der Waals surface area contributed by atoms with Crippen LogP contribution in [-0.4, -0.2) is 21.4 Å². The van der Waals surface area contributed by atoms with Crippen molar-refractivity contribution in [3.8, 4) is 11.5 Å². The molecule has 0 aliphatic rings. The molecule has 6 nitrogen and oxygen atoms in total. The highest BCUT2D eigenvalue weighted by atomic mass is 19.4. The lowest BCUT2D eigenvalue weighted by atomic mass is 10.2. The number of nitrogens with zero attached hydrogens (tertiary/aromatic N) is 2. The molecule has 1 heterocycles. The van der Waals surface area contributed by atoms with E-state index in [4.69, 9.17) is 5.11 Å². The van der Waals surface area contributed by atoms with Crippen molar-refractivity contribution in [3.63, 3.8) is 0 Å². The summed E-state index contributed by atoms with van der Waals surface area (Å²) in [7, 11) is 0. The Morgan fingerprint density at radius 1 is 1.21 bits per heavy atom. The van der Waals surface area contributed by atoms with Crippen LogP contribution < -0.4 is 5.32 Å². The molecule has 0 aliphatic heterocycles. The lowest BCUT2D eigenvalue weighted by molar-refractivity contribution is -0.156. The van der Waals surface area contributed by atoms with Gasteiger partial charge < -0.3 is 9.52 Å². The highest BCUT2D eigenvalue weighted by molar-refractivity contribution is 5.83. The van der Waals surface area contributed by atoms with Gasteiger partial charge in [0.1, 0.15) is 0 Å². The van der Waals surface area contributed by atoms with E-state index >= 15 is 0 Å². The second-order valence-corrected chi connectivity index (χ2v) is 3.42. The van der Waals surface area contributed by atoms with Gasteiger partial charge in [-0.15, -0.1) is 10.2 Å². The molecule has 1 aromatic heterocycles. The fourth-order valence-corrected chi connectivity index (χ4v) is 1.27. The summed E-state index contributed by atoms with van der Waals surface area (Å²) in [4.78, 5) is 10.4. The van der Waals surface area contributed by atoms with E-state index in [1.54, 1.807) is 0 Å². The third-order valence-electron chi connectivity index (χ3n) is 2.05. The molecular formula is C10H6F3N3O3. The Kier molecular flexibility index (Phi) is 3.11. The second-order valence-electron chi connectivity index (χ2n) is 3.42. The Balaban J connectivity index is 2.23. The number of hydrogen-bond donors (Lipinski definition) is 2. The standard InChI is InChI=1S/C10H6F3N3O3/c11-10(12,13)8-16-15-7(19-8)5-1-3-6(4-2-5)14-9(17)18/h1-4,14H,(H,17,18). The Morgan fingerprint density at radius 2 is 1.84 bits per heavy atom. The number of carboxylic acid groups (broad SMARTS) is 1. The van der Waals surface area contributed by atoms with Crippen LogP contribution >= 0.6 is 0 Å². The zero-order chi connectivity index (χ0) is 14.0. The molecule has 0 atom stereocenters. The smallest absolute Gasteiger partial charge is 0.465 e. The fraction of sp³-hybridized carbons (Fsp3) is 0.100. The quantitative estimate of drug-likeness (QED) is 0.878. The number of anilines is 1. The number of aromatic nitrogens is 2. The Labute approximate surface area is 103 Å². The number of benzene rings is 1. The van der Waals surface area contributed by atoms with Crippen LogP contribution in [0.5, 0.6) is 0 Å². The number of carbonyl (C=O) groups is 1. The summed E-state index contributed by atoms with van der Waals surface area (Å²) in [5.41, 5.74) is 0.519. The number of halogens is 3. The van der Waals surface area contributed by atoms with Gasteiger partial charge in [0.25, 0.3) is 0 Å². The Hall–Kier alpha value is -2.58. The molecule has 2 aromatic rings. The highest BCUT2D eigenvalue weighted by Crippen LogP contribution is 2.30. The number of amides is 1. The molecule has 2 N–H and O–H groups in total. The molecule has 0 fully saturated rings. The summed E-state index contributed by atoms with van der Waals surface area (Å²) in [5, 5.41) is 16.7. The largest absolute Gasteiger partial charge is 0.470 e. The normalized spacial score (nSPS) is 11.3. The van der Waals surface area contributed by atoms with Gasteiger partial charge in [-0.1, -0.05) is 0 Å². The van der Waals surface area contributed by atoms with Crippen molar-refractivity contribution in [2.45, 2.75) is 6.18 Å². The summed E-state index contributed by atoms with van der Waals surface area (Å²) in [6.07, 6.45) is -5.94. The highest BCUT2D eigenvalue weighted by Gasteiger charge is 2.38. The predicted octanol–water partition coefficient (Wildman–Crippen LogP) is 2.85. The number of alkyl halides is 3.